The van der Waals surface area contributed by atoms with Crippen LogP contribution in [0.25, 0.3) is 10.9 Å². The molecule has 28 heavy (non-hydrogen) atoms. The number of aryl methyl sites for hydroxylation is 1. The van der Waals surface area contributed by atoms with E-state index in [-0.39, 0.29) is 33.7 Å². The lowest BCUT2D eigenvalue weighted by Crippen LogP contribution is -2.24. The van der Waals surface area contributed by atoms with E-state index in [0.29, 0.717) is 0 Å². The Kier molecular flexibility index (Phi) is 5.16. The van der Waals surface area contributed by atoms with Crippen LogP contribution in [0.15, 0.2) is 47.4 Å². The van der Waals surface area contributed by atoms with Gasteiger partial charge in [0, 0.05) is 23.8 Å². The fourth-order valence-electron chi connectivity index (χ4n) is 2.76. The molecule has 1 N–H and O–H groups in total. The molecule has 0 fully saturated rings. The SMILES string of the molecule is CCn1cc(C(=O)Nc2ccc(Cl)c(F)c2)c(=O)c2ccc(C(F)(F)F)cc21. The number of carbonyl (C=O) groups is 1. The summed E-state index contributed by atoms with van der Waals surface area (Å²) >= 11 is 5.59. The first-order chi connectivity index (χ1) is 13.1. The highest BCUT2D eigenvalue weighted by molar-refractivity contribution is 6.30. The summed E-state index contributed by atoms with van der Waals surface area (Å²) in [4.78, 5) is 25.2. The molecule has 0 bridgehead atoms. The summed E-state index contributed by atoms with van der Waals surface area (Å²) < 4.78 is 53.8. The second kappa shape index (κ2) is 7.27. The predicted octanol–water partition coefficient (Wildman–Crippen LogP) is 5.09. The normalized spacial score (nSPS) is 11.6. The van der Waals surface area contributed by atoms with Gasteiger partial charge in [0.05, 0.1) is 16.1 Å². The van der Waals surface area contributed by atoms with Crippen LogP contribution in [0.5, 0.6) is 0 Å². The van der Waals surface area contributed by atoms with E-state index in [9.17, 15) is 27.2 Å². The van der Waals surface area contributed by atoms with Crippen molar-refractivity contribution in [3.05, 3.63) is 74.8 Å². The lowest BCUT2D eigenvalue weighted by molar-refractivity contribution is -0.137. The molecule has 0 atom stereocenters. The first kappa shape index (κ1) is 19.9. The third-order valence-electron chi connectivity index (χ3n) is 4.17. The van der Waals surface area contributed by atoms with E-state index in [1.807, 2.05) is 0 Å². The summed E-state index contributed by atoms with van der Waals surface area (Å²) in [5.41, 5.74) is -1.74. The quantitative estimate of drug-likeness (QED) is 0.609. The van der Waals surface area contributed by atoms with Crippen molar-refractivity contribution in [2.24, 2.45) is 0 Å². The maximum absolute atomic E-state index is 13.5. The minimum Gasteiger partial charge on any atom is -0.347 e. The van der Waals surface area contributed by atoms with Crippen molar-refractivity contribution in [3.63, 3.8) is 0 Å². The van der Waals surface area contributed by atoms with Gasteiger partial charge in [0.1, 0.15) is 11.4 Å². The van der Waals surface area contributed by atoms with Gasteiger partial charge in [-0.1, -0.05) is 11.6 Å². The lowest BCUT2D eigenvalue weighted by atomic mass is 10.1. The zero-order valence-corrected chi connectivity index (χ0v) is 15.2. The number of carbonyl (C=O) groups excluding carboxylic acids is 1. The second-order valence-electron chi connectivity index (χ2n) is 5.97. The Morgan fingerprint density at radius 2 is 1.89 bits per heavy atom. The van der Waals surface area contributed by atoms with Crippen molar-refractivity contribution in [1.29, 1.82) is 0 Å². The molecule has 3 rings (SSSR count). The monoisotopic (exact) mass is 412 g/mol. The molecule has 3 aromatic rings. The molecule has 0 saturated heterocycles. The molecule has 1 heterocycles. The van der Waals surface area contributed by atoms with Gasteiger partial charge in [-0.15, -0.1) is 0 Å². The smallest absolute Gasteiger partial charge is 0.347 e. The van der Waals surface area contributed by atoms with Crippen LogP contribution in [-0.4, -0.2) is 10.5 Å². The Bertz CT molecular complexity index is 1140. The molecule has 0 unspecified atom stereocenters. The number of pyridine rings is 1. The van der Waals surface area contributed by atoms with Gasteiger partial charge in [-0.3, -0.25) is 9.59 Å². The van der Waals surface area contributed by atoms with Crippen molar-refractivity contribution >= 4 is 34.1 Å². The number of halogens is 5. The van der Waals surface area contributed by atoms with Crippen molar-refractivity contribution < 1.29 is 22.4 Å². The van der Waals surface area contributed by atoms with E-state index in [4.69, 9.17) is 11.6 Å². The molecule has 9 heteroatoms. The number of nitrogens with zero attached hydrogens (tertiary/aromatic N) is 1. The zero-order chi connectivity index (χ0) is 20.6. The zero-order valence-electron chi connectivity index (χ0n) is 14.4. The van der Waals surface area contributed by atoms with Gasteiger partial charge in [0.2, 0.25) is 5.43 Å². The van der Waals surface area contributed by atoms with Crippen molar-refractivity contribution in [2.75, 3.05) is 5.32 Å². The minimum atomic E-state index is -4.56. The molecule has 0 aliphatic rings. The number of amides is 1. The highest BCUT2D eigenvalue weighted by Crippen LogP contribution is 2.31. The molecule has 0 aliphatic carbocycles. The summed E-state index contributed by atoms with van der Waals surface area (Å²) in [6, 6.07) is 6.31. The van der Waals surface area contributed by atoms with Crippen LogP contribution in [0.3, 0.4) is 0 Å². The largest absolute Gasteiger partial charge is 0.416 e. The number of anilines is 1. The van der Waals surface area contributed by atoms with Crippen LogP contribution in [0.4, 0.5) is 23.2 Å². The fraction of sp³-hybridized carbons (Fsp3) is 0.158. The first-order valence-corrected chi connectivity index (χ1v) is 8.50. The Morgan fingerprint density at radius 3 is 2.50 bits per heavy atom. The third-order valence-corrected chi connectivity index (χ3v) is 4.48. The van der Waals surface area contributed by atoms with Crippen molar-refractivity contribution in [2.45, 2.75) is 19.6 Å². The van der Waals surface area contributed by atoms with E-state index in [0.717, 1.165) is 24.3 Å². The maximum Gasteiger partial charge on any atom is 0.416 e. The molecule has 0 aliphatic heterocycles. The molecule has 0 spiro atoms. The van der Waals surface area contributed by atoms with E-state index in [1.165, 1.54) is 22.9 Å². The molecule has 0 radical (unpaired) electrons. The van der Waals surface area contributed by atoms with Crippen molar-refractivity contribution in [3.8, 4) is 0 Å². The van der Waals surface area contributed by atoms with Crippen LogP contribution in [-0.2, 0) is 12.7 Å². The van der Waals surface area contributed by atoms with E-state index in [2.05, 4.69) is 5.32 Å². The first-order valence-electron chi connectivity index (χ1n) is 8.12. The van der Waals surface area contributed by atoms with Crippen LogP contribution in [0.1, 0.15) is 22.8 Å². The number of hydrogen-bond acceptors (Lipinski definition) is 2. The number of hydrogen-bond donors (Lipinski definition) is 1. The number of nitrogens with one attached hydrogen (secondary N) is 1. The fourth-order valence-corrected chi connectivity index (χ4v) is 2.88. The van der Waals surface area contributed by atoms with Crippen LogP contribution in [0.2, 0.25) is 5.02 Å². The highest BCUT2D eigenvalue weighted by atomic mass is 35.5. The van der Waals surface area contributed by atoms with Gasteiger partial charge < -0.3 is 9.88 Å². The number of benzene rings is 2. The van der Waals surface area contributed by atoms with Gasteiger partial charge in [-0.2, -0.15) is 13.2 Å². The average Bonchev–Trinajstić information content (AvgIpc) is 2.64. The summed E-state index contributed by atoms with van der Waals surface area (Å²) in [7, 11) is 0. The summed E-state index contributed by atoms with van der Waals surface area (Å²) in [5.74, 6) is -1.56. The Morgan fingerprint density at radius 1 is 1.18 bits per heavy atom. The molecule has 2 aromatic carbocycles. The van der Waals surface area contributed by atoms with Gasteiger partial charge in [-0.05, 0) is 43.3 Å². The van der Waals surface area contributed by atoms with Gasteiger partial charge in [0.25, 0.3) is 5.91 Å². The lowest BCUT2D eigenvalue weighted by Gasteiger charge is -2.14. The minimum absolute atomic E-state index is 0.0233. The van der Waals surface area contributed by atoms with E-state index in [1.54, 1.807) is 6.92 Å². The molecular formula is C19H13ClF4N2O2. The van der Waals surface area contributed by atoms with Crippen LogP contribution in [0, 0.1) is 5.82 Å². The third kappa shape index (κ3) is 3.73. The van der Waals surface area contributed by atoms with E-state index < -0.39 is 28.9 Å². The van der Waals surface area contributed by atoms with Crippen LogP contribution < -0.4 is 10.7 Å². The molecule has 4 nitrogen and oxygen atoms in total. The number of aromatic nitrogens is 1. The summed E-state index contributed by atoms with van der Waals surface area (Å²) in [6.45, 7) is 1.90. The maximum atomic E-state index is 13.5. The molecule has 1 aromatic heterocycles. The van der Waals surface area contributed by atoms with E-state index >= 15 is 0 Å². The number of alkyl halides is 3. The van der Waals surface area contributed by atoms with Gasteiger partial charge in [0.15, 0.2) is 0 Å². The Balaban J connectivity index is 2.08. The van der Waals surface area contributed by atoms with Crippen molar-refractivity contribution in [1.82, 2.24) is 4.57 Å². The van der Waals surface area contributed by atoms with Crippen LogP contribution >= 0.6 is 11.6 Å². The second-order valence-corrected chi connectivity index (χ2v) is 6.38. The highest BCUT2D eigenvalue weighted by Gasteiger charge is 2.31. The summed E-state index contributed by atoms with van der Waals surface area (Å²) in [6.07, 6.45) is -3.37. The predicted molar refractivity (Wildman–Crippen MR) is 98.2 cm³/mol. The average molecular weight is 413 g/mol. The molecular weight excluding hydrogens is 400 g/mol. The Labute approximate surface area is 161 Å². The molecule has 0 saturated carbocycles. The number of fused-ring (bicyclic) bond motifs is 1. The topological polar surface area (TPSA) is 51.1 Å². The number of rotatable bonds is 3. The standard InChI is InChI=1S/C19H13ClF4N2O2/c1-2-26-9-13(18(28)25-11-4-6-14(20)15(21)8-11)17(27)12-5-3-10(7-16(12)26)19(22,23)24/h3-9H,2H2,1H3,(H,25,28). The molecule has 1 amide bonds. The van der Waals surface area contributed by atoms with Gasteiger partial charge >= 0.3 is 6.18 Å². The molecule has 146 valence electrons. The van der Waals surface area contributed by atoms with Gasteiger partial charge in [-0.25, -0.2) is 4.39 Å². The summed E-state index contributed by atoms with van der Waals surface area (Å²) in [5, 5.41) is 2.24. The Hall–Kier alpha value is -2.87.